The van der Waals surface area contributed by atoms with Gasteiger partial charge in [-0.15, -0.1) is 11.3 Å². The number of aryl methyl sites for hydroxylation is 1. The van der Waals surface area contributed by atoms with Gasteiger partial charge >= 0.3 is 6.16 Å². The number of aromatic nitrogens is 1. The minimum Gasteiger partial charge on any atom is -0.449 e. The van der Waals surface area contributed by atoms with E-state index < -0.39 is 12.0 Å². The maximum atomic E-state index is 13.6. The van der Waals surface area contributed by atoms with Gasteiger partial charge < -0.3 is 9.84 Å². The van der Waals surface area contributed by atoms with Crippen LogP contribution in [-0.4, -0.2) is 16.2 Å². The van der Waals surface area contributed by atoms with E-state index in [-0.39, 0.29) is 11.4 Å². The minimum atomic E-state index is -1.46. The van der Waals surface area contributed by atoms with Crippen molar-refractivity contribution in [2.75, 3.05) is 0 Å². The van der Waals surface area contributed by atoms with E-state index in [0.717, 1.165) is 0 Å². The molecule has 1 aromatic heterocycles. The number of nitrogens with zero attached hydrogens (tertiary/aromatic N) is 1. The Morgan fingerprint density at radius 1 is 1.47 bits per heavy atom. The summed E-state index contributed by atoms with van der Waals surface area (Å²) in [5, 5.41) is 9.18. The Morgan fingerprint density at radius 3 is 2.82 bits per heavy atom. The normalized spacial score (nSPS) is 10.2. The van der Waals surface area contributed by atoms with Crippen LogP contribution in [-0.2, 0) is 0 Å². The van der Waals surface area contributed by atoms with Gasteiger partial charge in [0.1, 0.15) is 10.7 Å². The molecule has 0 aliphatic carbocycles. The SMILES string of the molecule is Cc1nc(OC(=O)O)c(-c2ccccc2F)s1. The van der Waals surface area contributed by atoms with E-state index in [1.807, 2.05) is 0 Å². The van der Waals surface area contributed by atoms with Gasteiger partial charge in [0, 0.05) is 5.56 Å². The second kappa shape index (κ2) is 4.50. The fourth-order valence-corrected chi connectivity index (χ4v) is 2.25. The van der Waals surface area contributed by atoms with E-state index in [2.05, 4.69) is 9.72 Å². The van der Waals surface area contributed by atoms with E-state index >= 15 is 0 Å². The largest absolute Gasteiger partial charge is 0.512 e. The molecule has 4 nitrogen and oxygen atoms in total. The maximum Gasteiger partial charge on any atom is 0.512 e. The van der Waals surface area contributed by atoms with Crippen molar-refractivity contribution in [2.24, 2.45) is 0 Å². The molecule has 0 spiro atoms. The molecule has 2 rings (SSSR count). The van der Waals surface area contributed by atoms with Crippen molar-refractivity contribution in [3.8, 4) is 16.3 Å². The zero-order valence-electron chi connectivity index (χ0n) is 8.81. The van der Waals surface area contributed by atoms with E-state index in [1.165, 1.54) is 17.4 Å². The summed E-state index contributed by atoms with van der Waals surface area (Å²) in [5.74, 6) is -0.517. The summed E-state index contributed by atoms with van der Waals surface area (Å²) in [4.78, 5) is 14.8. The average molecular weight is 253 g/mol. The van der Waals surface area contributed by atoms with Crippen molar-refractivity contribution in [2.45, 2.75) is 6.92 Å². The molecule has 2 aromatic rings. The smallest absolute Gasteiger partial charge is 0.449 e. The molecule has 17 heavy (non-hydrogen) atoms. The first-order valence-corrected chi connectivity index (χ1v) is 5.52. The van der Waals surface area contributed by atoms with Crippen LogP contribution in [0.25, 0.3) is 10.4 Å². The fraction of sp³-hybridized carbons (Fsp3) is 0.0909. The number of rotatable bonds is 2. The molecule has 0 aliphatic heterocycles. The van der Waals surface area contributed by atoms with E-state index in [1.54, 1.807) is 25.1 Å². The first-order valence-electron chi connectivity index (χ1n) is 4.71. The van der Waals surface area contributed by atoms with Gasteiger partial charge in [-0.3, -0.25) is 0 Å². The monoisotopic (exact) mass is 253 g/mol. The van der Waals surface area contributed by atoms with Gasteiger partial charge in [-0.25, -0.2) is 14.2 Å². The first kappa shape index (κ1) is 11.5. The average Bonchev–Trinajstić information content (AvgIpc) is 2.59. The quantitative estimate of drug-likeness (QED) is 0.834. The number of hydrogen-bond donors (Lipinski definition) is 1. The summed E-state index contributed by atoms with van der Waals surface area (Å²) in [5.41, 5.74) is 0.286. The summed E-state index contributed by atoms with van der Waals surface area (Å²) >= 11 is 1.18. The fourth-order valence-electron chi connectivity index (χ4n) is 1.38. The number of hydrogen-bond acceptors (Lipinski definition) is 4. The molecule has 0 saturated carbocycles. The molecule has 0 bridgehead atoms. The van der Waals surface area contributed by atoms with Crippen molar-refractivity contribution in [3.05, 3.63) is 35.1 Å². The second-order valence-electron chi connectivity index (χ2n) is 3.21. The summed E-state index contributed by atoms with van der Waals surface area (Å²) in [6, 6.07) is 6.08. The van der Waals surface area contributed by atoms with Gasteiger partial charge in [0.05, 0.1) is 5.01 Å². The van der Waals surface area contributed by atoms with Gasteiger partial charge in [0.2, 0.25) is 5.88 Å². The number of carboxylic acid groups (broad SMARTS) is 1. The Kier molecular flexibility index (Phi) is 3.06. The minimum absolute atomic E-state index is 0.0786. The van der Waals surface area contributed by atoms with Crippen molar-refractivity contribution >= 4 is 17.5 Å². The third-order valence-electron chi connectivity index (χ3n) is 2.01. The number of ether oxygens (including phenoxy) is 1. The summed E-state index contributed by atoms with van der Waals surface area (Å²) in [7, 11) is 0. The van der Waals surface area contributed by atoms with E-state index in [9.17, 15) is 9.18 Å². The van der Waals surface area contributed by atoms with Crippen LogP contribution in [0.5, 0.6) is 5.88 Å². The van der Waals surface area contributed by atoms with Crippen LogP contribution in [0.1, 0.15) is 5.01 Å². The molecule has 6 heteroatoms. The maximum absolute atomic E-state index is 13.6. The van der Waals surface area contributed by atoms with Crippen molar-refractivity contribution in [1.82, 2.24) is 4.98 Å². The van der Waals surface area contributed by atoms with Crippen LogP contribution in [0.2, 0.25) is 0 Å². The Balaban J connectivity index is 2.51. The lowest BCUT2D eigenvalue weighted by atomic mass is 10.2. The first-order chi connectivity index (χ1) is 8.08. The molecule has 0 unspecified atom stereocenters. The van der Waals surface area contributed by atoms with Crippen LogP contribution < -0.4 is 4.74 Å². The number of carbonyl (C=O) groups is 1. The molecule has 0 radical (unpaired) electrons. The highest BCUT2D eigenvalue weighted by Gasteiger charge is 2.17. The molecule has 88 valence electrons. The number of benzene rings is 1. The molecule has 0 saturated heterocycles. The standard InChI is InChI=1S/C11H8FNO3S/c1-6-13-10(16-11(14)15)9(17-6)7-4-2-3-5-8(7)12/h2-5H,1H3,(H,14,15). The third-order valence-corrected chi connectivity index (χ3v) is 2.99. The number of halogens is 1. The van der Waals surface area contributed by atoms with Crippen molar-refractivity contribution < 1.29 is 19.0 Å². The number of thiazole rings is 1. The Hall–Kier alpha value is -1.95. The Morgan fingerprint density at radius 2 is 2.18 bits per heavy atom. The van der Waals surface area contributed by atoms with Crippen LogP contribution in [0.3, 0.4) is 0 Å². The zero-order chi connectivity index (χ0) is 12.4. The molecule has 0 aliphatic rings. The van der Waals surface area contributed by atoms with Gasteiger partial charge in [0.25, 0.3) is 0 Å². The van der Waals surface area contributed by atoms with Crippen LogP contribution in [0.15, 0.2) is 24.3 Å². The van der Waals surface area contributed by atoms with E-state index in [4.69, 9.17) is 5.11 Å². The second-order valence-corrected chi connectivity index (χ2v) is 4.42. The lowest BCUT2D eigenvalue weighted by Gasteiger charge is -2.01. The van der Waals surface area contributed by atoms with Crippen LogP contribution >= 0.6 is 11.3 Å². The molecule has 1 N–H and O–H groups in total. The predicted octanol–water partition coefficient (Wildman–Crippen LogP) is 3.31. The molecule has 0 fully saturated rings. The van der Waals surface area contributed by atoms with Crippen molar-refractivity contribution in [3.63, 3.8) is 0 Å². The summed E-state index contributed by atoms with van der Waals surface area (Å²) in [6.45, 7) is 1.70. The van der Waals surface area contributed by atoms with Crippen LogP contribution in [0, 0.1) is 12.7 Å². The molecule has 0 amide bonds. The topological polar surface area (TPSA) is 59.4 Å². The molecular weight excluding hydrogens is 245 g/mol. The van der Waals surface area contributed by atoms with Gasteiger partial charge in [-0.05, 0) is 13.0 Å². The highest BCUT2D eigenvalue weighted by molar-refractivity contribution is 7.15. The molecule has 0 atom stereocenters. The van der Waals surface area contributed by atoms with Gasteiger partial charge in [-0.1, -0.05) is 18.2 Å². The van der Waals surface area contributed by atoms with Crippen LogP contribution in [0.4, 0.5) is 9.18 Å². The Bertz CT molecular complexity index is 568. The lowest BCUT2D eigenvalue weighted by Crippen LogP contribution is -2.04. The lowest BCUT2D eigenvalue weighted by molar-refractivity contribution is 0.143. The summed E-state index contributed by atoms with van der Waals surface area (Å²) in [6.07, 6.45) is -1.46. The Labute approximate surface area is 100 Å². The van der Waals surface area contributed by atoms with Gasteiger partial charge in [0.15, 0.2) is 0 Å². The highest BCUT2D eigenvalue weighted by Crippen LogP contribution is 2.36. The van der Waals surface area contributed by atoms with Crippen molar-refractivity contribution in [1.29, 1.82) is 0 Å². The van der Waals surface area contributed by atoms with Gasteiger partial charge in [-0.2, -0.15) is 0 Å². The highest BCUT2D eigenvalue weighted by atomic mass is 32.1. The molecule has 1 aromatic carbocycles. The zero-order valence-corrected chi connectivity index (χ0v) is 9.62. The molecular formula is C11H8FNO3S. The summed E-state index contributed by atoms with van der Waals surface area (Å²) < 4.78 is 18.1. The van der Waals surface area contributed by atoms with E-state index in [0.29, 0.717) is 9.88 Å². The molecule has 1 heterocycles. The predicted molar refractivity (Wildman–Crippen MR) is 60.9 cm³/mol. The third kappa shape index (κ3) is 2.42.